The fourth-order valence-electron chi connectivity index (χ4n) is 2.25. The smallest absolute Gasteiger partial charge is 0.137 e. The van der Waals surface area contributed by atoms with E-state index in [0.29, 0.717) is 4.47 Å². The van der Waals surface area contributed by atoms with Crippen molar-refractivity contribution in [2.24, 2.45) is 7.05 Å². The minimum absolute atomic E-state index is 0.126. The Balaban J connectivity index is 2.24. The van der Waals surface area contributed by atoms with Gasteiger partial charge in [0.25, 0.3) is 0 Å². The molecule has 1 atom stereocenters. The highest BCUT2D eigenvalue weighted by molar-refractivity contribution is 9.10. The summed E-state index contributed by atoms with van der Waals surface area (Å²) in [5.74, 6) is -0.221. The quantitative estimate of drug-likeness (QED) is 0.871. The van der Waals surface area contributed by atoms with Crippen molar-refractivity contribution in [2.75, 3.05) is 6.54 Å². The average Bonchev–Trinajstić information content (AvgIpc) is 2.85. The molecule has 2 rings (SSSR count). The molecule has 0 aliphatic carbocycles. The first-order valence-electron chi connectivity index (χ1n) is 6.77. The summed E-state index contributed by atoms with van der Waals surface area (Å²) in [6, 6.07) is 7.28. The fraction of sp³-hybridized carbons (Fsp3) is 0.400. The van der Waals surface area contributed by atoms with Gasteiger partial charge >= 0.3 is 0 Å². The third kappa shape index (κ3) is 3.46. The molecule has 108 valence electrons. The number of rotatable bonds is 6. The van der Waals surface area contributed by atoms with Crippen molar-refractivity contribution in [3.63, 3.8) is 0 Å². The van der Waals surface area contributed by atoms with E-state index >= 15 is 0 Å². The molecule has 0 amide bonds. The highest BCUT2D eigenvalue weighted by Gasteiger charge is 2.17. The Morgan fingerprint density at radius 1 is 1.40 bits per heavy atom. The molecule has 1 aromatic carbocycles. The zero-order valence-electron chi connectivity index (χ0n) is 11.7. The van der Waals surface area contributed by atoms with Crippen LogP contribution in [0.4, 0.5) is 4.39 Å². The summed E-state index contributed by atoms with van der Waals surface area (Å²) in [5, 5.41) is 7.72. The maximum Gasteiger partial charge on any atom is 0.137 e. The van der Waals surface area contributed by atoms with Gasteiger partial charge in [0.2, 0.25) is 0 Å². The van der Waals surface area contributed by atoms with E-state index in [2.05, 4.69) is 33.3 Å². The van der Waals surface area contributed by atoms with Crippen LogP contribution < -0.4 is 5.32 Å². The minimum atomic E-state index is -0.221. The van der Waals surface area contributed by atoms with Crippen molar-refractivity contribution in [3.05, 3.63) is 52.0 Å². The molecular weight excluding hydrogens is 321 g/mol. The Hall–Kier alpha value is -1.20. The van der Waals surface area contributed by atoms with Gasteiger partial charge < -0.3 is 5.32 Å². The molecule has 0 saturated carbocycles. The molecule has 5 heteroatoms. The first-order chi connectivity index (χ1) is 9.63. The Bertz CT molecular complexity index is 568. The van der Waals surface area contributed by atoms with Crippen LogP contribution in [-0.2, 0) is 13.5 Å². The minimum Gasteiger partial charge on any atom is -0.308 e. The molecule has 0 radical (unpaired) electrons. The summed E-state index contributed by atoms with van der Waals surface area (Å²) in [5.41, 5.74) is 2.06. The Morgan fingerprint density at radius 3 is 2.85 bits per heavy atom. The SMILES string of the molecule is CCCNC(Cc1cccc(F)c1Br)c1ccnn1C. The van der Waals surface area contributed by atoms with Gasteiger partial charge in [0.05, 0.1) is 16.2 Å². The van der Waals surface area contributed by atoms with Crippen molar-refractivity contribution >= 4 is 15.9 Å². The van der Waals surface area contributed by atoms with E-state index in [1.54, 1.807) is 12.3 Å². The number of halogens is 2. The lowest BCUT2D eigenvalue weighted by Gasteiger charge is -2.19. The van der Waals surface area contributed by atoms with Crippen LogP contribution in [0.5, 0.6) is 0 Å². The molecule has 0 bridgehead atoms. The van der Waals surface area contributed by atoms with Gasteiger partial charge in [-0.05, 0) is 53.0 Å². The monoisotopic (exact) mass is 339 g/mol. The fourth-order valence-corrected chi connectivity index (χ4v) is 2.68. The molecule has 2 aromatic rings. The van der Waals surface area contributed by atoms with Crippen molar-refractivity contribution in [2.45, 2.75) is 25.8 Å². The van der Waals surface area contributed by atoms with E-state index < -0.39 is 0 Å². The molecule has 1 unspecified atom stereocenters. The normalized spacial score (nSPS) is 12.6. The molecular formula is C15H19BrFN3. The van der Waals surface area contributed by atoms with Crippen molar-refractivity contribution in [1.82, 2.24) is 15.1 Å². The molecule has 0 aliphatic rings. The van der Waals surface area contributed by atoms with Gasteiger partial charge in [0.15, 0.2) is 0 Å². The standard InChI is InChI=1S/C15H19BrFN3/c1-3-8-18-13(14-7-9-19-20(14)2)10-11-5-4-6-12(17)15(11)16/h4-7,9,13,18H,3,8,10H2,1-2H3. The third-order valence-electron chi connectivity index (χ3n) is 3.31. The highest BCUT2D eigenvalue weighted by Crippen LogP contribution is 2.25. The second-order valence-corrected chi connectivity index (χ2v) is 5.60. The number of aryl methyl sites for hydroxylation is 1. The molecule has 0 fully saturated rings. The van der Waals surface area contributed by atoms with Gasteiger partial charge in [0.1, 0.15) is 5.82 Å². The Kier molecular flexibility index (Phi) is 5.31. The molecule has 1 heterocycles. The van der Waals surface area contributed by atoms with E-state index in [-0.39, 0.29) is 11.9 Å². The van der Waals surface area contributed by atoms with E-state index in [4.69, 9.17) is 0 Å². The molecule has 1 N–H and O–H groups in total. The predicted molar refractivity (Wildman–Crippen MR) is 82.0 cm³/mol. The summed E-state index contributed by atoms with van der Waals surface area (Å²) < 4.78 is 16.0. The number of hydrogen-bond acceptors (Lipinski definition) is 2. The maximum atomic E-state index is 13.6. The van der Waals surface area contributed by atoms with Gasteiger partial charge in [-0.2, -0.15) is 5.10 Å². The van der Waals surface area contributed by atoms with Crippen LogP contribution in [0.2, 0.25) is 0 Å². The summed E-state index contributed by atoms with van der Waals surface area (Å²) in [6.07, 6.45) is 3.56. The first-order valence-corrected chi connectivity index (χ1v) is 7.57. The summed E-state index contributed by atoms with van der Waals surface area (Å²) in [4.78, 5) is 0. The van der Waals surface area contributed by atoms with Crippen LogP contribution in [0.1, 0.15) is 30.6 Å². The molecule has 20 heavy (non-hydrogen) atoms. The van der Waals surface area contributed by atoms with Crippen molar-refractivity contribution in [1.29, 1.82) is 0 Å². The van der Waals surface area contributed by atoms with Gasteiger partial charge in [0, 0.05) is 13.2 Å². The van der Waals surface area contributed by atoms with Crippen LogP contribution in [0.25, 0.3) is 0 Å². The Morgan fingerprint density at radius 2 is 2.20 bits per heavy atom. The number of nitrogens with zero attached hydrogens (tertiary/aromatic N) is 2. The van der Waals surface area contributed by atoms with Crippen LogP contribution in [-0.4, -0.2) is 16.3 Å². The van der Waals surface area contributed by atoms with Gasteiger partial charge in [-0.15, -0.1) is 0 Å². The van der Waals surface area contributed by atoms with Gasteiger partial charge in [-0.1, -0.05) is 19.1 Å². The van der Waals surface area contributed by atoms with Crippen molar-refractivity contribution < 1.29 is 4.39 Å². The lowest BCUT2D eigenvalue weighted by Crippen LogP contribution is -2.26. The highest BCUT2D eigenvalue weighted by atomic mass is 79.9. The van der Waals surface area contributed by atoms with Crippen LogP contribution in [0, 0.1) is 5.82 Å². The number of aromatic nitrogens is 2. The lowest BCUT2D eigenvalue weighted by atomic mass is 10.0. The number of hydrogen-bond donors (Lipinski definition) is 1. The molecule has 0 aliphatic heterocycles. The van der Waals surface area contributed by atoms with Gasteiger partial charge in [-0.3, -0.25) is 4.68 Å². The molecule has 0 saturated heterocycles. The molecule has 3 nitrogen and oxygen atoms in total. The second-order valence-electron chi connectivity index (χ2n) is 4.80. The predicted octanol–water partition coefficient (Wildman–Crippen LogP) is 3.61. The lowest BCUT2D eigenvalue weighted by molar-refractivity contribution is 0.491. The van der Waals surface area contributed by atoms with Crippen LogP contribution >= 0.6 is 15.9 Å². The van der Waals surface area contributed by atoms with Crippen molar-refractivity contribution in [3.8, 4) is 0 Å². The molecule has 1 aromatic heterocycles. The second kappa shape index (κ2) is 6.99. The zero-order valence-corrected chi connectivity index (χ0v) is 13.3. The third-order valence-corrected chi connectivity index (χ3v) is 4.20. The maximum absolute atomic E-state index is 13.6. The van der Waals surface area contributed by atoms with E-state index in [1.807, 2.05) is 23.9 Å². The summed E-state index contributed by atoms with van der Waals surface area (Å²) in [6.45, 7) is 3.05. The average molecular weight is 340 g/mol. The first kappa shape index (κ1) is 15.2. The van der Waals surface area contributed by atoms with E-state index in [1.165, 1.54) is 6.07 Å². The van der Waals surface area contributed by atoms with Crippen LogP contribution in [0.15, 0.2) is 34.9 Å². The molecule has 0 spiro atoms. The topological polar surface area (TPSA) is 29.9 Å². The summed E-state index contributed by atoms with van der Waals surface area (Å²) in [7, 11) is 1.93. The summed E-state index contributed by atoms with van der Waals surface area (Å²) >= 11 is 3.33. The van der Waals surface area contributed by atoms with E-state index in [0.717, 1.165) is 30.6 Å². The van der Waals surface area contributed by atoms with Gasteiger partial charge in [-0.25, -0.2) is 4.39 Å². The largest absolute Gasteiger partial charge is 0.308 e. The van der Waals surface area contributed by atoms with E-state index in [9.17, 15) is 4.39 Å². The number of nitrogens with one attached hydrogen (secondary N) is 1. The Labute approximate surface area is 127 Å². The zero-order chi connectivity index (χ0) is 14.5. The van der Waals surface area contributed by atoms with Crippen LogP contribution in [0.3, 0.4) is 0 Å². The number of benzene rings is 1.